The number of amides is 1. The fourth-order valence-corrected chi connectivity index (χ4v) is 1.90. The van der Waals surface area contributed by atoms with Crippen LogP contribution in [-0.2, 0) is 6.54 Å². The lowest BCUT2D eigenvalue weighted by Gasteiger charge is -2.14. The second kappa shape index (κ2) is 6.19. The van der Waals surface area contributed by atoms with Crippen LogP contribution in [0, 0.1) is 0 Å². The molecule has 0 unspecified atom stereocenters. The average molecular weight is 270 g/mol. The van der Waals surface area contributed by atoms with Crippen LogP contribution in [0.2, 0.25) is 0 Å². The van der Waals surface area contributed by atoms with E-state index < -0.39 is 0 Å². The highest BCUT2D eigenvalue weighted by Crippen LogP contribution is 2.08. The molecule has 0 saturated carbocycles. The number of nitrogens with zero attached hydrogens (tertiary/aromatic N) is 2. The van der Waals surface area contributed by atoms with Gasteiger partial charge in [-0.15, -0.1) is 0 Å². The predicted octanol–water partition coefficient (Wildman–Crippen LogP) is 1.99. The van der Waals surface area contributed by atoms with Crippen molar-refractivity contribution in [2.24, 2.45) is 0 Å². The summed E-state index contributed by atoms with van der Waals surface area (Å²) < 4.78 is 1.63. The molecule has 0 saturated heterocycles. The van der Waals surface area contributed by atoms with Gasteiger partial charge in [-0.1, -0.05) is 18.2 Å². The van der Waals surface area contributed by atoms with Gasteiger partial charge in [0, 0.05) is 31.4 Å². The number of carbonyl (C=O) groups excluding carboxylic acids is 1. The summed E-state index contributed by atoms with van der Waals surface area (Å²) in [6, 6.07) is 12.5. The van der Waals surface area contributed by atoms with E-state index in [4.69, 9.17) is 0 Å². The van der Waals surface area contributed by atoms with Gasteiger partial charge in [-0.3, -0.25) is 9.59 Å². The van der Waals surface area contributed by atoms with Crippen LogP contribution in [0.4, 0.5) is 0 Å². The smallest absolute Gasteiger partial charge is 0.253 e. The largest absolute Gasteiger partial charge is 0.342 e. The number of aromatic nitrogens is 1. The van der Waals surface area contributed by atoms with Crippen molar-refractivity contribution in [1.82, 2.24) is 9.47 Å². The first kappa shape index (κ1) is 14.1. The van der Waals surface area contributed by atoms with Gasteiger partial charge in [0.1, 0.15) is 0 Å². The molecule has 104 valence electrons. The van der Waals surface area contributed by atoms with Crippen molar-refractivity contribution < 1.29 is 4.79 Å². The monoisotopic (exact) mass is 270 g/mol. The molecule has 0 atom stereocenters. The third kappa shape index (κ3) is 3.15. The molecule has 1 aromatic carbocycles. The summed E-state index contributed by atoms with van der Waals surface area (Å²) in [4.78, 5) is 25.3. The first-order valence-corrected chi connectivity index (χ1v) is 6.61. The van der Waals surface area contributed by atoms with Gasteiger partial charge < -0.3 is 9.47 Å². The molecule has 0 N–H and O–H groups in total. The molecular weight excluding hydrogens is 252 g/mol. The van der Waals surface area contributed by atoms with Crippen LogP contribution < -0.4 is 5.56 Å². The lowest BCUT2D eigenvalue weighted by atomic mass is 10.1. The van der Waals surface area contributed by atoms with Crippen LogP contribution >= 0.6 is 0 Å². The Labute approximate surface area is 118 Å². The summed E-state index contributed by atoms with van der Waals surface area (Å²) in [7, 11) is 1.78. The van der Waals surface area contributed by atoms with Gasteiger partial charge in [0.25, 0.3) is 11.5 Å². The SMILES string of the molecule is CCN(C)C(=O)c1ccc(Cn2ccccc2=O)cc1. The van der Waals surface area contributed by atoms with Crippen LogP contribution in [0.5, 0.6) is 0 Å². The van der Waals surface area contributed by atoms with Gasteiger partial charge >= 0.3 is 0 Å². The van der Waals surface area contributed by atoms with E-state index in [1.54, 1.807) is 40.9 Å². The van der Waals surface area contributed by atoms with E-state index in [9.17, 15) is 9.59 Å². The maximum absolute atomic E-state index is 12.0. The molecule has 2 rings (SSSR count). The summed E-state index contributed by atoms with van der Waals surface area (Å²) in [6.45, 7) is 3.13. The third-order valence-corrected chi connectivity index (χ3v) is 3.27. The summed E-state index contributed by atoms with van der Waals surface area (Å²) >= 11 is 0. The van der Waals surface area contributed by atoms with Gasteiger partial charge in [0.15, 0.2) is 0 Å². The first-order chi connectivity index (χ1) is 9.61. The molecule has 1 aromatic heterocycles. The summed E-state index contributed by atoms with van der Waals surface area (Å²) in [5.74, 6) is 0.0101. The molecule has 0 radical (unpaired) electrons. The molecule has 1 heterocycles. The Kier molecular flexibility index (Phi) is 4.35. The minimum Gasteiger partial charge on any atom is -0.342 e. The molecule has 0 bridgehead atoms. The first-order valence-electron chi connectivity index (χ1n) is 6.61. The quantitative estimate of drug-likeness (QED) is 0.852. The third-order valence-electron chi connectivity index (χ3n) is 3.27. The zero-order valence-electron chi connectivity index (χ0n) is 11.7. The predicted molar refractivity (Wildman–Crippen MR) is 78.9 cm³/mol. The Morgan fingerprint density at radius 3 is 2.45 bits per heavy atom. The Hall–Kier alpha value is -2.36. The highest BCUT2D eigenvalue weighted by atomic mass is 16.2. The zero-order chi connectivity index (χ0) is 14.5. The number of hydrogen-bond donors (Lipinski definition) is 0. The maximum Gasteiger partial charge on any atom is 0.253 e. The standard InChI is InChI=1S/C16H18N2O2/c1-3-17(2)16(20)14-9-7-13(8-10-14)12-18-11-5-4-6-15(18)19/h4-11H,3,12H2,1-2H3. The molecule has 0 aliphatic carbocycles. The zero-order valence-corrected chi connectivity index (χ0v) is 11.7. The Bertz CT molecular complexity index is 644. The molecule has 4 heteroatoms. The van der Waals surface area contributed by atoms with Crippen LogP contribution in [-0.4, -0.2) is 29.0 Å². The van der Waals surface area contributed by atoms with Crippen LogP contribution in [0.25, 0.3) is 0 Å². The minimum absolute atomic E-state index is 0.0101. The maximum atomic E-state index is 12.0. The van der Waals surface area contributed by atoms with Gasteiger partial charge in [0.05, 0.1) is 6.54 Å². The summed E-state index contributed by atoms with van der Waals surface area (Å²) in [5, 5.41) is 0. The van der Waals surface area contributed by atoms with E-state index in [1.807, 2.05) is 25.1 Å². The molecule has 0 aliphatic rings. The topological polar surface area (TPSA) is 42.3 Å². The minimum atomic E-state index is -0.0293. The highest BCUT2D eigenvalue weighted by Gasteiger charge is 2.09. The van der Waals surface area contributed by atoms with Crippen molar-refractivity contribution in [2.45, 2.75) is 13.5 Å². The van der Waals surface area contributed by atoms with Gasteiger partial charge in [-0.2, -0.15) is 0 Å². The molecule has 20 heavy (non-hydrogen) atoms. The molecule has 2 aromatic rings. The van der Waals surface area contributed by atoms with Gasteiger partial charge in [0.2, 0.25) is 0 Å². The molecule has 1 amide bonds. The van der Waals surface area contributed by atoms with E-state index in [0.29, 0.717) is 18.7 Å². The van der Waals surface area contributed by atoms with E-state index in [-0.39, 0.29) is 11.5 Å². The summed E-state index contributed by atoms with van der Waals surface area (Å²) in [5.41, 5.74) is 1.63. The lowest BCUT2D eigenvalue weighted by Crippen LogP contribution is -2.26. The van der Waals surface area contributed by atoms with Gasteiger partial charge in [-0.25, -0.2) is 0 Å². The van der Waals surface area contributed by atoms with E-state index in [2.05, 4.69) is 0 Å². The summed E-state index contributed by atoms with van der Waals surface area (Å²) in [6.07, 6.45) is 1.76. The van der Waals surface area contributed by atoms with E-state index in [1.165, 1.54) is 6.07 Å². The molecule has 0 aliphatic heterocycles. The Balaban J connectivity index is 2.15. The molecule has 0 spiro atoms. The lowest BCUT2D eigenvalue weighted by molar-refractivity contribution is 0.0802. The number of carbonyl (C=O) groups is 1. The number of pyridine rings is 1. The van der Waals surface area contributed by atoms with Crippen molar-refractivity contribution in [3.63, 3.8) is 0 Å². The number of benzene rings is 1. The van der Waals surface area contributed by atoms with Crippen LogP contribution in [0.15, 0.2) is 53.5 Å². The second-order valence-electron chi connectivity index (χ2n) is 4.68. The van der Waals surface area contributed by atoms with Crippen LogP contribution in [0.1, 0.15) is 22.8 Å². The average Bonchev–Trinajstić information content (AvgIpc) is 2.49. The molecule has 0 fully saturated rings. The normalized spacial score (nSPS) is 10.3. The van der Waals surface area contributed by atoms with E-state index >= 15 is 0 Å². The van der Waals surface area contributed by atoms with Crippen molar-refractivity contribution in [2.75, 3.05) is 13.6 Å². The van der Waals surface area contributed by atoms with Crippen LogP contribution in [0.3, 0.4) is 0 Å². The van der Waals surface area contributed by atoms with Crippen molar-refractivity contribution in [1.29, 1.82) is 0 Å². The Morgan fingerprint density at radius 1 is 1.15 bits per heavy atom. The Morgan fingerprint density at radius 2 is 1.85 bits per heavy atom. The van der Waals surface area contributed by atoms with E-state index in [0.717, 1.165) is 5.56 Å². The molecule has 4 nitrogen and oxygen atoms in total. The van der Waals surface area contributed by atoms with Gasteiger partial charge in [-0.05, 0) is 30.7 Å². The number of rotatable bonds is 4. The molecular formula is C16H18N2O2. The van der Waals surface area contributed by atoms with Crippen molar-refractivity contribution in [3.8, 4) is 0 Å². The second-order valence-corrected chi connectivity index (χ2v) is 4.68. The number of hydrogen-bond acceptors (Lipinski definition) is 2. The highest BCUT2D eigenvalue weighted by molar-refractivity contribution is 5.94. The van der Waals surface area contributed by atoms with Crippen molar-refractivity contribution in [3.05, 3.63) is 70.1 Å². The van der Waals surface area contributed by atoms with Crippen molar-refractivity contribution >= 4 is 5.91 Å². The fourth-order valence-electron chi connectivity index (χ4n) is 1.90. The fraction of sp³-hybridized carbons (Fsp3) is 0.250.